The maximum atomic E-state index is 11.1. The van der Waals surface area contributed by atoms with Gasteiger partial charge in [0.15, 0.2) is 0 Å². The fourth-order valence-electron chi connectivity index (χ4n) is 2.58. The monoisotopic (exact) mass is 248 g/mol. The van der Waals surface area contributed by atoms with E-state index >= 15 is 0 Å². The van der Waals surface area contributed by atoms with Gasteiger partial charge >= 0.3 is 0 Å². The Morgan fingerprint density at radius 1 is 1.39 bits per heavy atom. The van der Waals surface area contributed by atoms with E-state index in [9.17, 15) is 4.79 Å². The maximum Gasteiger partial charge on any atom is 0.231 e. The molecule has 1 amide bonds. The Hall–Kier alpha value is -1.49. The summed E-state index contributed by atoms with van der Waals surface area (Å²) in [6.45, 7) is 5.13. The molecule has 1 saturated heterocycles. The van der Waals surface area contributed by atoms with Gasteiger partial charge in [-0.2, -0.15) is 0 Å². The van der Waals surface area contributed by atoms with Gasteiger partial charge in [-0.15, -0.1) is 0 Å². The van der Waals surface area contributed by atoms with E-state index in [0.29, 0.717) is 6.54 Å². The van der Waals surface area contributed by atoms with Gasteiger partial charge in [0, 0.05) is 11.4 Å². The number of rotatable bonds is 3. The Labute approximate surface area is 107 Å². The van der Waals surface area contributed by atoms with E-state index in [0.717, 1.165) is 43.0 Å². The van der Waals surface area contributed by atoms with Crippen LogP contribution in [-0.2, 0) is 4.79 Å². The molecule has 0 radical (unpaired) electrons. The fourth-order valence-corrected chi connectivity index (χ4v) is 2.58. The molecule has 5 heteroatoms. The zero-order chi connectivity index (χ0) is 13.1. The molecule has 5 nitrogen and oxygen atoms in total. The van der Waals surface area contributed by atoms with E-state index in [1.165, 1.54) is 0 Å². The standard InChI is InChI=1S/C13H20N4O/c1-9-7-10(2)16-13(15-9)11-5-3-4-6-17(11)8-12(14)18/h7,11H,3-6,8H2,1-2H3,(H2,14,18)/t11-/m1/s1. The van der Waals surface area contributed by atoms with Gasteiger partial charge in [-0.05, 0) is 39.3 Å². The second-order valence-electron chi connectivity index (χ2n) is 4.96. The summed E-state index contributed by atoms with van der Waals surface area (Å²) in [6, 6.07) is 2.09. The summed E-state index contributed by atoms with van der Waals surface area (Å²) < 4.78 is 0. The molecule has 1 aromatic heterocycles. The van der Waals surface area contributed by atoms with E-state index < -0.39 is 0 Å². The smallest absolute Gasteiger partial charge is 0.231 e. The number of likely N-dealkylation sites (tertiary alicyclic amines) is 1. The van der Waals surface area contributed by atoms with Crippen molar-refractivity contribution in [3.63, 3.8) is 0 Å². The lowest BCUT2D eigenvalue weighted by atomic mass is 10.0. The minimum absolute atomic E-state index is 0.129. The number of nitrogens with two attached hydrogens (primary N) is 1. The third-order valence-electron chi connectivity index (χ3n) is 3.27. The van der Waals surface area contributed by atoms with Crippen LogP contribution in [0.5, 0.6) is 0 Å². The van der Waals surface area contributed by atoms with Crippen LogP contribution in [0, 0.1) is 13.8 Å². The first-order valence-corrected chi connectivity index (χ1v) is 6.41. The average Bonchev–Trinajstić information content (AvgIpc) is 2.27. The lowest BCUT2D eigenvalue weighted by molar-refractivity contribution is -0.120. The molecular weight excluding hydrogens is 228 g/mol. The molecule has 2 rings (SSSR count). The number of carbonyl (C=O) groups is 1. The third-order valence-corrected chi connectivity index (χ3v) is 3.27. The molecule has 1 aliphatic heterocycles. The van der Waals surface area contributed by atoms with Crippen LogP contribution in [0.2, 0.25) is 0 Å². The largest absolute Gasteiger partial charge is 0.369 e. The van der Waals surface area contributed by atoms with Gasteiger partial charge in [0.05, 0.1) is 12.6 Å². The number of nitrogens with zero attached hydrogens (tertiary/aromatic N) is 3. The average molecular weight is 248 g/mol. The first kappa shape index (κ1) is 13.0. The molecule has 0 saturated carbocycles. The lowest BCUT2D eigenvalue weighted by Gasteiger charge is -2.33. The Morgan fingerprint density at radius 2 is 2.06 bits per heavy atom. The quantitative estimate of drug-likeness (QED) is 0.869. The van der Waals surface area contributed by atoms with Crippen LogP contribution in [-0.4, -0.2) is 33.9 Å². The molecule has 2 heterocycles. The van der Waals surface area contributed by atoms with Crippen LogP contribution in [0.1, 0.15) is 42.5 Å². The highest BCUT2D eigenvalue weighted by atomic mass is 16.1. The topological polar surface area (TPSA) is 72.1 Å². The molecule has 0 unspecified atom stereocenters. The van der Waals surface area contributed by atoms with Gasteiger partial charge in [0.25, 0.3) is 0 Å². The van der Waals surface area contributed by atoms with Crippen molar-refractivity contribution in [2.75, 3.05) is 13.1 Å². The molecule has 2 N–H and O–H groups in total. The highest BCUT2D eigenvalue weighted by molar-refractivity contribution is 5.76. The van der Waals surface area contributed by atoms with Gasteiger partial charge in [-0.1, -0.05) is 6.42 Å². The molecule has 1 fully saturated rings. The van der Waals surface area contributed by atoms with Crippen molar-refractivity contribution < 1.29 is 4.79 Å². The van der Waals surface area contributed by atoms with Gasteiger partial charge in [0.1, 0.15) is 5.82 Å². The van der Waals surface area contributed by atoms with Crippen LogP contribution in [0.4, 0.5) is 0 Å². The summed E-state index contributed by atoms with van der Waals surface area (Å²) >= 11 is 0. The van der Waals surface area contributed by atoms with E-state index in [4.69, 9.17) is 5.73 Å². The maximum absolute atomic E-state index is 11.1. The van der Waals surface area contributed by atoms with Gasteiger partial charge in [-0.3, -0.25) is 9.69 Å². The predicted octanol–water partition coefficient (Wildman–Crippen LogP) is 1.11. The Balaban J connectivity index is 2.24. The highest BCUT2D eigenvalue weighted by Crippen LogP contribution is 2.28. The van der Waals surface area contributed by atoms with Crippen molar-refractivity contribution in [2.24, 2.45) is 5.73 Å². The van der Waals surface area contributed by atoms with Crippen LogP contribution < -0.4 is 5.73 Å². The number of piperidine rings is 1. The first-order chi connectivity index (χ1) is 8.56. The zero-order valence-electron chi connectivity index (χ0n) is 11.0. The molecule has 0 bridgehead atoms. The van der Waals surface area contributed by atoms with E-state index in [-0.39, 0.29) is 11.9 Å². The van der Waals surface area contributed by atoms with Crippen LogP contribution in [0.15, 0.2) is 6.07 Å². The first-order valence-electron chi connectivity index (χ1n) is 6.41. The Kier molecular flexibility index (Phi) is 3.91. The highest BCUT2D eigenvalue weighted by Gasteiger charge is 2.27. The molecule has 1 aliphatic rings. The number of aromatic nitrogens is 2. The summed E-state index contributed by atoms with van der Waals surface area (Å²) in [7, 11) is 0. The van der Waals surface area contributed by atoms with Crippen molar-refractivity contribution in [3.8, 4) is 0 Å². The number of hydrogen-bond acceptors (Lipinski definition) is 4. The van der Waals surface area contributed by atoms with Crippen LogP contribution in [0.25, 0.3) is 0 Å². The Morgan fingerprint density at radius 3 is 2.67 bits per heavy atom. The third kappa shape index (κ3) is 3.04. The molecule has 0 aromatic carbocycles. The summed E-state index contributed by atoms with van der Waals surface area (Å²) in [4.78, 5) is 22.2. The number of primary amides is 1. The number of aryl methyl sites for hydroxylation is 2. The number of hydrogen-bond donors (Lipinski definition) is 1. The van der Waals surface area contributed by atoms with E-state index in [2.05, 4.69) is 14.9 Å². The molecule has 0 aliphatic carbocycles. The normalized spacial score (nSPS) is 20.9. The molecular formula is C13H20N4O. The van der Waals surface area contributed by atoms with Crippen molar-refractivity contribution in [1.29, 1.82) is 0 Å². The Bertz CT molecular complexity index is 426. The molecule has 98 valence electrons. The van der Waals surface area contributed by atoms with Crippen molar-refractivity contribution in [2.45, 2.75) is 39.2 Å². The second-order valence-corrected chi connectivity index (χ2v) is 4.96. The molecule has 0 spiro atoms. The number of amides is 1. The van der Waals surface area contributed by atoms with Gasteiger partial charge in [-0.25, -0.2) is 9.97 Å². The lowest BCUT2D eigenvalue weighted by Crippen LogP contribution is -2.40. The van der Waals surface area contributed by atoms with Crippen LogP contribution in [0.3, 0.4) is 0 Å². The van der Waals surface area contributed by atoms with Crippen molar-refractivity contribution >= 4 is 5.91 Å². The number of carbonyl (C=O) groups excluding carboxylic acids is 1. The van der Waals surface area contributed by atoms with E-state index in [1.54, 1.807) is 0 Å². The van der Waals surface area contributed by atoms with Crippen molar-refractivity contribution in [3.05, 3.63) is 23.3 Å². The summed E-state index contributed by atoms with van der Waals surface area (Å²) in [5, 5.41) is 0. The van der Waals surface area contributed by atoms with E-state index in [1.807, 2.05) is 19.9 Å². The SMILES string of the molecule is Cc1cc(C)nc([C@H]2CCCCN2CC(N)=O)n1. The minimum Gasteiger partial charge on any atom is -0.369 e. The van der Waals surface area contributed by atoms with Crippen molar-refractivity contribution in [1.82, 2.24) is 14.9 Å². The van der Waals surface area contributed by atoms with Gasteiger partial charge < -0.3 is 5.73 Å². The fraction of sp³-hybridized carbons (Fsp3) is 0.615. The molecule has 1 aromatic rings. The zero-order valence-corrected chi connectivity index (χ0v) is 11.0. The molecule has 18 heavy (non-hydrogen) atoms. The predicted molar refractivity (Wildman–Crippen MR) is 68.9 cm³/mol. The summed E-state index contributed by atoms with van der Waals surface area (Å²) in [6.07, 6.45) is 3.25. The van der Waals surface area contributed by atoms with Gasteiger partial charge in [0.2, 0.25) is 5.91 Å². The molecule has 1 atom stereocenters. The van der Waals surface area contributed by atoms with Crippen LogP contribution >= 0.6 is 0 Å². The summed E-state index contributed by atoms with van der Waals surface area (Å²) in [5.41, 5.74) is 7.25. The second kappa shape index (κ2) is 5.44. The summed E-state index contributed by atoms with van der Waals surface area (Å²) in [5.74, 6) is 0.541. The minimum atomic E-state index is -0.286.